The molecule has 12 heavy (non-hydrogen) atoms. The molecule has 0 fully saturated rings. The summed E-state index contributed by atoms with van der Waals surface area (Å²) < 4.78 is 9.32. The molecule has 0 spiro atoms. The molecule has 0 atom stereocenters. The monoisotopic (exact) mass is 170 g/mol. The van der Waals surface area contributed by atoms with E-state index in [4.69, 9.17) is 0 Å². The Morgan fingerprint density at radius 2 is 1.50 bits per heavy atom. The second-order valence-electron chi connectivity index (χ2n) is 2.10. The van der Waals surface area contributed by atoms with Gasteiger partial charge in [-0.2, -0.15) is 0 Å². The van der Waals surface area contributed by atoms with Crippen LogP contribution in [-0.2, 0) is 9.47 Å². The predicted molar refractivity (Wildman–Crippen MR) is 46.9 cm³/mol. The molecular formula is C9H14O3. The Labute approximate surface area is 72.7 Å². The molecule has 0 N–H and O–H groups in total. The Balaban J connectivity index is 3.21. The van der Waals surface area contributed by atoms with E-state index in [9.17, 15) is 4.79 Å². The topological polar surface area (TPSA) is 35.5 Å². The van der Waals surface area contributed by atoms with Crippen molar-refractivity contribution >= 4 is 6.16 Å². The number of hydrogen-bond acceptors (Lipinski definition) is 3. The summed E-state index contributed by atoms with van der Waals surface area (Å²) in [5, 5.41) is 0. The SMILES string of the molecule is C=CCCOC(=O)OCCC=C. The van der Waals surface area contributed by atoms with E-state index in [1.54, 1.807) is 12.2 Å². The van der Waals surface area contributed by atoms with Gasteiger partial charge in [0.25, 0.3) is 0 Å². The summed E-state index contributed by atoms with van der Waals surface area (Å²) in [5.41, 5.74) is 0. The second-order valence-corrected chi connectivity index (χ2v) is 2.10. The average Bonchev–Trinajstić information content (AvgIpc) is 2.06. The molecule has 3 nitrogen and oxygen atoms in total. The minimum absolute atomic E-state index is 0.330. The second kappa shape index (κ2) is 7.85. The smallest absolute Gasteiger partial charge is 0.434 e. The fraction of sp³-hybridized carbons (Fsp3) is 0.444. The van der Waals surface area contributed by atoms with Crippen LogP contribution in [0, 0.1) is 0 Å². The van der Waals surface area contributed by atoms with Crippen LogP contribution in [0.2, 0.25) is 0 Å². The van der Waals surface area contributed by atoms with Gasteiger partial charge < -0.3 is 9.47 Å². The Morgan fingerprint density at radius 3 is 1.83 bits per heavy atom. The molecule has 0 aliphatic heterocycles. The van der Waals surface area contributed by atoms with Gasteiger partial charge in [-0.3, -0.25) is 0 Å². The highest BCUT2D eigenvalue weighted by molar-refractivity contribution is 5.59. The number of rotatable bonds is 6. The Morgan fingerprint density at radius 1 is 1.08 bits per heavy atom. The van der Waals surface area contributed by atoms with Crippen LogP contribution in [0.25, 0.3) is 0 Å². The maximum atomic E-state index is 10.7. The summed E-state index contributed by atoms with van der Waals surface area (Å²) in [7, 11) is 0. The summed E-state index contributed by atoms with van der Waals surface area (Å²) in [5.74, 6) is 0. The summed E-state index contributed by atoms with van der Waals surface area (Å²) in [6, 6.07) is 0. The van der Waals surface area contributed by atoms with E-state index in [1.807, 2.05) is 0 Å². The highest BCUT2D eigenvalue weighted by atomic mass is 16.7. The standard InChI is InChI=1S/C9H14O3/c1-3-5-7-11-9(10)12-8-6-4-2/h3-4H,1-2,5-8H2. The van der Waals surface area contributed by atoms with E-state index in [1.165, 1.54) is 0 Å². The van der Waals surface area contributed by atoms with Crippen molar-refractivity contribution in [1.29, 1.82) is 0 Å². The molecule has 0 aliphatic rings. The van der Waals surface area contributed by atoms with Crippen molar-refractivity contribution in [3.63, 3.8) is 0 Å². The molecule has 0 aromatic heterocycles. The lowest BCUT2D eigenvalue weighted by molar-refractivity contribution is 0.0578. The van der Waals surface area contributed by atoms with E-state index in [2.05, 4.69) is 22.6 Å². The van der Waals surface area contributed by atoms with Crippen LogP contribution in [0.1, 0.15) is 12.8 Å². The van der Waals surface area contributed by atoms with Crippen LogP contribution in [0.5, 0.6) is 0 Å². The molecular weight excluding hydrogens is 156 g/mol. The number of hydrogen-bond donors (Lipinski definition) is 0. The molecule has 0 amide bonds. The van der Waals surface area contributed by atoms with E-state index < -0.39 is 6.16 Å². The molecule has 0 unspecified atom stereocenters. The van der Waals surface area contributed by atoms with Crippen molar-refractivity contribution in [3.05, 3.63) is 25.3 Å². The zero-order valence-electron chi connectivity index (χ0n) is 7.12. The van der Waals surface area contributed by atoms with Crippen molar-refractivity contribution in [3.8, 4) is 0 Å². The zero-order valence-corrected chi connectivity index (χ0v) is 7.12. The first-order valence-corrected chi connectivity index (χ1v) is 3.82. The molecule has 3 heteroatoms. The highest BCUT2D eigenvalue weighted by Gasteiger charge is 2.00. The van der Waals surface area contributed by atoms with Crippen molar-refractivity contribution < 1.29 is 14.3 Å². The minimum atomic E-state index is -0.626. The van der Waals surface area contributed by atoms with Crippen molar-refractivity contribution in [2.75, 3.05) is 13.2 Å². The van der Waals surface area contributed by atoms with Gasteiger partial charge >= 0.3 is 6.16 Å². The van der Waals surface area contributed by atoms with Crippen molar-refractivity contribution in [2.24, 2.45) is 0 Å². The molecule has 0 heterocycles. The van der Waals surface area contributed by atoms with Crippen molar-refractivity contribution in [2.45, 2.75) is 12.8 Å². The van der Waals surface area contributed by atoms with Crippen LogP contribution in [0.4, 0.5) is 4.79 Å². The van der Waals surface area contributed by atoms with E-state index in [0.717, 1.165) is 0 Å². The maximum Gasteiger partial charge on any atom is 0.508 e. The Hall–Kier alpha value is -1.25. The first-order chi connectivity index (χ1) is 5.81. The third-order valence-corrected chi connectivity index (χ3v) is 1.08. The van der Waals surface area contributed by atoms with Gasteiger partial charge in [-0.25, -0.2) is 4.79 Å². The summed E-state index contributed by atoms with van der Waals surface area (Å²) in [6.45, 7) is 7.63. The van der Waals surface area contributed by atoms with Gasteiger partial charge in [0.05, 0.1) is 13.2 Å². The van der Waals surface area contributed by atoms with Gasteiger partial charge in [-0.1, -0.05) is 12.2 Å². The molecule has 0 aromatic rings. The molecule has 0 rings (SSSR count). The molecule has 68 valence electrons. The lowest BCUT2D eigenvalue weighted by Gasteiger charge is -2.02. The number of carbonyl (C=O) groups is 1. The maximum absolute atomic E-state index is 10.7. The van der Waals surface area contributed by atoms with Gasteiger partial charge in [0.2, 0.25) is 0 Å². The van der Waals surface area contributed by atoms with Crippen LogP contribution in [-0.4, -0.2) is 19.4 Å². The van der Waals surface area contributed by atoms with Gasteiger partial charge in [0.1, 0.15) is 0 Å². The van der Waals surface area contributed by atoms with E-state index in [-0.39, 0.29) is 0 Å². The van der Waals surface area contributed by atoms with Crippen LogP contribution in [0.15, 0.2) is 25.3 Å². The Bertz CT molecular complexity index is 136. The van der Waals surface area contributed by atoms with Gasteiger partial charge in [-0.05, 0) is 12.8 Å². The minimum Gasteiger partial charge on any atom is -0.434 e. The molecule has 0 bridgehead atoms. The van der Waals surface area contributed by atoms with Crippen molar-refractivity contribution in [1.82, 2.24) is 0 Å². The van der Waals surface area contributed by atoms with Crippen LogP contribution in [0.3, 0.4) is 0 Å². The van der Waals surface area contributed by atoms with Crippen LogP contribution < -0.4 is 0 Å². The third kappa shape index (κ3) is 6.86. The van der Waals surface area contributed by atoms with E-state index in [0.29, 0.717) is 26.1 Å². The number of ether oxygens (including phenoxy) is 2. The third-order valence-electron chi connectivity index (χ3n) is 1.08. The molecule has 0 saturated heterocycles. The molecule has 0 aromatic carbocycles. The summed E-state index contributed by atoms with van der Waals surface area (Å²) in [4.78, 5) is 10.7. The Kier molecular flexibility index (Phi) is 7.03. The quantitative estimate of drug-likeness (QED) is 0.348. The largest absolute Gasteiger partial charge is 0.508 e. The van der Waals surface area contributed by atoms with Gasteiger partial charge in [0.15, 0.2) is 0 Å². The lowest BCUT2D eigenvalue weighted by Crippen LogP contribution is -2.08. The first kappa shape index (κ1) is 10.8. The molecule has 0 saturated carbocycles. The highest BCUT2D eigenvalue weighted by Crippen LogP contribution is 1.90. The predicted octanol–water partition coefficient (Wildman–Crippen LogP) is 2.29. The fourth-order valence-electron chi connectivity index (χ4n) is 0.493. The van der Waals surface area contributed by atoms with Crippen LogP contribution >= 0.6 is 0 Å². The zero-order chi connectivity index (χ0) is 9.23. The molecule has 0 radical (unpaired) electrons. The first-order valence-electron chi connectivity index (χ1n) is 3.82. The molecule has 0 aliphatic carbocycles. The fourth-order valence-corrected chi connectivity index (χ4v) is 0.493. The summed E-state index contributed by atoms with van der Waals surface area (Å²) >= 11 is 0. The average molecular weight is 170 g/mol. The lowest BCUT2D eigenvalue weighted by atomic mass is 10.5. The number of carbonyl (C=O) groups excluding carboxylic acids is 1. The normalized spacial score (nSPS) is 8.67. The summed E-state index contributed by atoms with van der Waals surface area (Å²) in [6.07, 6.45) is 4.03. The van der Waals surface area contributed by atoms with E-state index >= 15 is 0 Å². The van der Waals surface area contributed by atoms with Gasteiger partial charge in [0, 0.05) is 0 Å². The van der Waals surface area contributed by atoms with Gasteiger partial charge in [-0.15, -0.1) is 13.2 Å².